The summed E-state index contributed by atoms with van der Waals surface area (Å²) in [5.41, 5.74) is 6.39. The SMILES string of the molecule is COc1ccc(F)c(Br)c1CC(C)CN. The van der Waals surface area contributed by atoms with Crippen LogP contribution in [0.5, 0.6) is 5.75 Å². The van der Waals surface area contributed by atoms with E-state index in [-0.39, 0.29) is 5.82 Å². The zero-order chi connectivity index (χ0) is 11.4. The summed E-state index contributed by atoms with van der Waals surface area (Å²) in [6.07, 6.45) is 0.706. The molecule has 0 spiro atoms. The van der Waals surface area contributed by atoms with E-state index in [4.69, 9.17) is 10.5 Å². The van der Waals surface area contributed by atoms with Crippen LogP contribution in [0, 0.1) is 11.7 Å². The van der Waals surface area contributed by atoms with Crippen LogP contribution in [-0.4, -0.2) is 13.7 Å². The van der Waals surface area contributed by atoms with Crippen molar-refractivity contribution in [2.24, 2.45) is 11.7 Å². The van der Waals surface area contributed by atoms with E-state index in [1.165, 1.54) is 6.07 Å². The molecule has 1 atom stereocenters. The molecule has 1 aromatic carbocycles. The van der Waals surface area contributed by atoms with Crippen molar-refractivity contribution in [2.75, 3.05) is 13.7 Å². The molecule has 84 valence electrons. The molecule has 1 unspecified atom stereocenters. The van der Waals surface area contributed by atoms with Crippen molar-refractivity contribution in [3.8, 4) is 5.75 Å². The lowest BCUT2D eigenvalue weighted by molar-refractivity contribution is 0.403. The van der Waals surface area contributed by atoms with Crippen molar-refractivity contribution >= 4 is 15.9 Å². The molecule has 0 bridgehead atoms. The Balaban J connectivity index is 3.06. The molecule has 0 radical (unpaired) electrons. The summed E-state index contributed by atoms with van der Waals surface area (Å²) in [5.74, 6) is 0.732. The number of methoxy groups -OCH3 is 1. The molecule has 0 aliphatic rings. The van der Waals surface area contributed by atoms with Crippen LogP contribution in [0.25, 0.3) is 0 Å². The summed E-state index contributed by atoms with van der Waals surface area (Å²) < 4.78 is 19.0. The molecule has 4 heteroatoms. The lowest BCUT2D eigenvalue weighted by Crippen LogP contribution is -2.14. The van der Waals surface area contributed by atoms with Crippen LogP contribution in [0.15, 0.2) is 16.6 Å². The van der Waals surface area contributed by atoms with Crippen molar-refractivity contribution in [1.29, 1.82) is 0 Å². The molecular formula is C11H15BrFNO. The van der Waals surface area contributed by atoms with Gasteiger partial charge in [-0.3, -0.25) is 0 Å². The predicted octanol–water partition coefficient (Wildman–Crippen LogP) is 2.73. The first-order valence-corrected chi connectivity index (χ1v) is 5.60. The van der Waals surface area contributed by atoms with E-state index < -0.39 is 0 Å². The Bertz CT molecular complexity index is 344. The lowest BCUT2D eigenvalue weighted by Gasteiger charge is -2.14. The van der Waals surface area contributed by atoms with E-state index in [9.17, 15) is 4.39 Å². The molecule has 15 heavy (non-hydrogen) atoms. The Morgan fingerprint density at radius 2 is 2.20 bits per heavy atom. The molecule has 0 heterocycles. The van der Waals surface area contributed by atoms with Gasteiger partial charge in [0.2, 0.25) is 0 Å². The number of benzene rings is 1. The largest absolute Gasteiger partial charge is 0.496 e. The van der Waals surface area contributed by atoms with Gasteiger partial charge in [-0.25, -0.2) is 4.39 Å². The van der Waals surface area contributed by atoms with Crippen LogP contribution < -0.4 is 10.5 Å². The van der Waals surface area contributed by atoms with E-state index in [0.717, 1.165) is 5.56 Å². The first kappa shape index (κ1) is 12.5. The Morgan fingerprint density at radius 3 is 2.73 bits per heavy atom. The van der Waals surface area contributed by atoms with Gasteiger partial charge in [0, 0.05) is 5.56 Å². The number of halogens is 2. The van der Waals surface area contributed by atoms with Crippen molar-refractivity contribution in [1.82, 2.24) is 0 Å². The van der Waals surface area contributed by atoms with Crippen LogP contribution in [-0.2, 0) is 6.42 Å². The van der Waals surface area contributed by atoms with Crippen molar-refractivity contribution in [3.05, 3.63) is 28.0 Å². The summed E-state index contributed by atoms with van der Waals surface area (Å²) >= 11 is 3.23. The molecule has 0 saturated carbocycles. The number of nitrogens with two attached hydrogens (primary N) is 1. The summed E-state index contributed by atoms with van der Waals surface area (Å²) in [6, 6.07) is 3.03. The average Bonchev–Trinajstić information content (AvgIpc) is 2.25. The topological polar surface area (TPSA) is 35.2 Å². The fourth-order valence-electron chi connectivity index (χ4n) is 1.39. The third-order valence-corrected chi connectivity index (χ3v) is 3.19. The second-order valence-corrected chi connectivity index (χ2v) is 4.38. The summed E-state index contributed by atoms with van der Waals surface area (Å²) in [6.45, 7) is 2.60. The molecule has 2 N–H and O–H groups in total. The minimum absolute atomic E-state index is 0.268. The van der Waals surface area contributed by atoms with E-state index in [0.29, 0.717) is 29.1 Å². The number of ether oxygens (including phenoxy) is 1. The molecule has 0 fully saturated rings. The van der Waals surface area contributed by atoms with Gasteiger partial charge in [-0.05, 0) is 46.9 Å². The molecule has 0 aliphatic carbocycles. The van der Waals surface area contributed by atoms with Crippen LogP contribution in [0.4, 0.5) is 4.39 Å². The van der Waals surface area contributed by atoms with Crippen LogP contribution in [0.2, 0.25) is 0 Å². The Morgan fingerprint density at radius 1 is 1.53 bits per heavy atom. The first-order chi connectivity index (χ1) is 7.10. The molecule has 0 amide bonds. The minimum atomic E-state index is -0.268. The maximum atomic E-state index is 13.3. The molecule has 1 rings (SSSR count). The molecular weight excluding hydrogens is 261 g/mol. The highest BCUT2D eigenvalue weighted by atomic mass is 79.9. The van der Waals surface area contributed by atoms with Crippen LogP contribution in [0.1, 0.15) is 12.5 Å². The van der Waals surface area contributed by atoms with Gasteiger partial charge in [0.05, 0.1) is 11.6 Å². The monoisotopic (exact) mass is 275 g/mol. The smallest absolute Gasteiger partial charge is 0.137 e. The number of rotatable bonds is 4. The quantitative estimate of drug-likeness (QED) is 0.917. The molecule has 1 aromatic rings. The van der Waals surface area contributed by atoms with Crippen LogP contribution >= 0.6 is 15.9 Å². The third kappa shape index (κ3) is 2.92. The van der Waals surface area contributed by atoms with Gasteiger partial charge in [-0.15, -0.1) is 0 Å². The molecule has 0 aliphatic heterocycles. The molecule has 2 nitrogen and oxygen atoms in total. The highest BCUT2D eigenvalue weighted by Crippen LogP contribution is 2.31. The normalized spacial score (nSPS) is 12.6. The second-order valence-electron chi connectivity index (χ2n) is 3.59. The number of hydrogen-bond donors (Lipinski definition) is 1. The van der Waals surface area contributed by atoms with E-state index in [1.807, 2.05) is 6.92 Å². The Labute approximate surface area is 97.7 Å². The van der Waals surface area contributed by atoms with Gasteiger partial charge in [0.25, 0.3) is 0 Å². The molecule has 0 saturated heterocycles. The van der Waals surface area contributed by atoms with Crippen molar-refractivity contribution < 1.29 is 9.13 Å². The summed E-state index contributed by atoms with van der Waals surface area (Å²) in [7, 11) is 1.58. The Hall–Kier alpha value is -0.610. The standard InChI is InChI=1S/C11H15BrFNO/c1-7(6-14)5-8-10(15-2)4-3-9(13)11(8)12/h3-4,7H,5-6,14H2,1-2H3. The fourth-order valence-corrected chi connectivity index (χ4v) is 1.88. The zero-order valence-electron chi connectivity index (χ0n) is 8.89. The predicted molar refractivity (Wildman–Crippen MR) is 62.6 cm³/mol. The van der Waals surface area contributed by atoms with Crippen molar-refractivity contribution in [3.63, 3.8) is 0 Å². The van der Waals surface area contributed by atoms with E-state index >= 15 is 0 Å². The maximum absolute atomic E-state index is 13.3. The van der Waals surface area contributed by atoms with Crippen molar-refractivity contribution in [2.45, 2.75) is 13.3 Å². The van der Waals surface area contributed by atoms with Gasteiger partial charge in [0.1, 0.15) is 11.6 Å². The average molecular weight is 276 g/mol. The second kappa shape index (κ2) is 5.47. The summed E-state index contributed by atoms with van der Waals surface area (Å²) in [5, 5.41) is 0. The highest BCUT2D eigenvalue weighted by molar-refractivity contribution is 9.10. The Kier molecular flexibility index (Phi) is 4.54. The maximum Gasteiger partial charge on any atom is 0.137 e. The van der Waals surface area contributed by atoms with Gasteiger partial charge in [-0.1, -0.05) is 6.92 Å². The molecule has 0 aromatic heterocycles. The fraction of sp³-hybridized carbons (Fsp3) is 0.455. The summed E-state index contributed by atoms with van der Waals surface area (Å²) in [4.78, 5) is 0. The number of hydrogen-bond acceptors (Lipinski definition) is 2. The van der Waals surface area contributed by atoms with Gasteiger partial charge < -0.3 is 10.5 Å². The third-order valence-electron chi connectivity index (χ3n) is 2.33. The van der Waals surface area contributed by atoms with Gasteiger partial charge in [-0.2, -0.15) is 0 Å². The highest BCUT2D eigenvalue weighted by Gasteiger charge is 2.14. The van der Waals surface area contributed by atoms with Crippen LogP contribution in [0.3, 0.4) is 0 Å². The van der Waals surface area contributed by atoms with E-state index in [2.05, 4.69) is 15.9 Å². The first-order valence-electron chi connectivity index (χ1n) is 4.81. The zero-order valence-corrected chi connectivity index (χ0v) is 10.5. The van der Waals surface area contributed by atoms with E-state index in [1.54, 1.807) is 13.2 Å². The minimum Gasteiger partial charge on any atom is -0.496 e. The lowest BCUT2D eigenvalue weighted by atomic mass is 10.0. The van der Waals surface area contributed by atoms with Gasteiger partial charge >= 0.3 is 0 Å². The van der Waals surface area contributed by atoms with Gasteiger partial charge in [0.15, 0.2) is 0 Å².